The maximum absolute atomic E-state index is 12.6. The van der Waals surface area contributed by atoms with E-state index >= 15 is 0 Å². The first-order chi connectivity index (χ1) is 15.5. The summed E-state index contributed by atoms with van der Waals surface area (Å²) in [7, 11) is 0. The summed E-state index contributed by atoms with van der Waals surface area (Å²) >= 11 is 0. The minimum atomic E-state index is -0.160. The van der Waals surface area contributed by atoms with Crippen molar-refractivity contribution in [3.05, 3.63) is 72.3 Å². The van der Waals surface area contributed by atoms with Gasteiger partial charge >= 0.3 is 5.97 Å². The smallest absolute Gasteiger partial charge is 0.309 e. The Bertz CT molecular complexity index is 1040. The van der Waals surface area contributed by atoms with Gasteiger partial charge in [0.25, 0.3) is 5.91 Å². The molecule has 0 spiro atoms. The molecule has 7 nitrogen and oxygen atoms in total. The van der Waals surface area contributed by atoms with E-state index in [1.54, 1.807) is 23.1 Å². The number of nitrogens with one attached hydrogen (secondary N) is 1. The minimum absolute atomic E-state index is 0.0168. The van der Waals surface area contributed by atoms with Crippen LogP contribution in [0.2, 0.25) is 0 Å². The van der Waals surface area contributed by atoms with Crippen molar-refractivity contribution in [1.82, 2.24) is 14.8 Å². The fraction of sp³-hybridized carbons (Fsp3) is 0.360. The number of ether oxygens (including phenoxy) is 1. The van der Waals surface area contributed by atoms with E-state index in [0.717, 1.165) is 37.1 Å². The van der Waals surface area contributed by atoms with Crippen LogP contribution in [0, 0.1) is 5.92 Å². The molecule has 166 valence electrons. The van der Waals surface area contributed by atoms with Crippen LogP contribution in [0.4, 0.5) is 5.69 Å². The zero-order valence-electron chi connectivity index (χ0n) is 18.4. The molecule has 1 aliphatic rings. The third-order valence-corrected chi connectivity index (χ3v) is 5.87. The molecule has 2 aromatic carbocycles. The average molecular weight is 433 g/mol. The summed E-state index contributed by atoms with van der Waals surface area (Å²) in [6.07, 6.45) is 6.69. The molecule has 1 amide bonds. The molecule has 0 aliphatic heterocycles. The SMILES string of the molecule is CC(C)OC(=O)[C@H]1CC[C@H](c2ccc(NC(=O)c3ccc(-n4cncn4)cc3)cc2)CC1. The van der Waals surface area contributed by atoms with Crippen molar-refractivity contribution in [3.63, 3.8) is 0 Å². The second-order valence-corrected chi connectivity index (χ2v) is 8.50. The van der Waals surface area contributed by atoms with Crippen molar-refractivity contribution in [3.8, 4) is 5.69 Å². The average Bonchev–Trinajstić information content (AvgIpc) is 3.34. The number of carbonyl (C=O) groups excluding carboxylic acids is 2. The number of carbonyl (C=O) groups is 2. The summed E-state index contributed by atoms with van der Waals surface area (Å²) in [6, 6.07) is 15.2. The fourth-order valence-corrected chi connectivity index (χ4v) is 4.14. The van der Waals surface area contributed by atoms with Crippen molar-refractivity contribution in [2.24, 2.45) is 5.92 Å². The molecule has 1 saturated carbocycles. The summed E-state index contributed by atoms with van der Waals surface area (Å²) in [5, 5.41) is 7.03. The van der Waals surface area contributed by atoms with E-state index in [4.69, 9.17) is 4.74 Å². The van der Waals surface area contributed by atoms with Crippen LogP contribution >= 0.6 is 0 Å². The topological polar surface area (TPSA) is 86.1 Å². The van der Waals surface area contributed by atoms with Crippen LogP contribution in [0.3, 0.4) is 0 Å². The maximum Gasteiger partial charge on any atom is 0.309 e. The number of benzene rings is 2. The first-order valence-corrected chi connectivity index (χ1v) is 11.1. The number of aromatic nitrogens is 3. The van der Waals surface area contributed by atoms with Crippen LogP contribution in [-0.4, -0.2) is 32.7 Å². The molecule has 1 N–H and O–H groups in total. The highest BCUT2D eigenvalue weighted by molar-refractivity contribution is 6.04. The molecule has 0 saturated heterocycles. The van der Waals surface area contributed by atoms with Crippen LogP contribution in [0.25, 0.3) is 5.69 Å². The van der Waals surface area contributed by atoms with Crippen molar-refractivity contribution >= 4 is 17.6 Å². The summed E-state index contributed by atoms with van der Waals surface area (Å²) in [6.45, 7) is 3.77. The Balaban J connectivity index is 1.31. The third kappa shape index (κ3) is 5.22. The lowest BCUT2D eigenvalue weighted by atomic mass is 9.78. The molecule has 32 heavy (non-hydrogen) atoms. The number of rotatable bonds is 6. The summed E-state index contributed by atoms with van der Waals surface area (Å²) in [4.78, 5) is 28.6. The van der Waals surface area contributed by atoms with E-state index in [-0.39, 0.29) is 23.9 Å². The van der Waals surface area contributed by atoms with Gasteiger partial charge in [-0.3, -0.25) is 9.59 Å². The van der Waals surface area contributed by atoms with Gasteiger partial charge in [0.1, 0.15) is 12.7 Å². The second-order valence-electron chi connectivity index (χ2n) is 8.50. The summed E-state index contributed by atoms with van der Waals surface area (Å²) in [5.74, 6) is 0.230. The quantitative estimate of drug-likeness (QED) is 0.568. The number of esters is 1. The van der Waals surface area contributed by atoms with Gasteiger partial charge < -0.3 is 10.1 Å². The van der Waals surface area contributed by atoms with Crippen LogP contribution in [0.15, 0.2) is 61.2 Å². The number of hydrogen-bond donors (Lipinski definition) is 1. The van der Waals surface area contributed by atoms with Gasteiger partial charge in [0, 0.05) is 11.3 Å². The predicted octanol–water partition coefficient (Wildman–Crippen LogP) is 4.75. The molecule has 1 aromatic heterocycles. The lowest BCUT2D eigenvalue weighted by Crippen LogP contribution is -2.25. The number of amides is 1. The zero-order valence-corrected chi connectivity index (χ0v) is 18.4. The van der Waals surface area contributed by atoms with Crippen LogP contribution < -0.4 is 5.32 Å². The molecular weight excluding hydrogens is 404 g/mol. The van der Waals surface area contributed by atoms with Crippen LogP contribution in [0.1, 0.15) is 61.4 Å². The van der Waals surface area contributed by atoms with Gasteiger partial charge in [-0.15, -0.1) is 0 Å². The predicted molar refractivity (Wildman–Crippen MR) is 122 cm³/mol. The molecule has 0 unspecified atom stereocenters. The van der Waals surface area contributed by atoms with Gasteiger partial charge in [0.15, 0.2) is 0 Å². The van der Waals surface area contributed by atoms with E-state index in [2.05, 4.69) is 27.5 Å². The van der Waals surface area contributed by atoms with E-state index in [1.807, 2.05) is 38.1 Å². The Kier molecular flexibility index (Phi) is 6.63. The number of nitrogens with zero attached hydrogens (tertiary/aromatic N) is 3. The Hall–Kier alpha value is -3.48. The van der Waals surface area contributed by atoms with Crippen LogP contribution in [0.5, 0.6) is 0 Å². The number of hydrogen-bond acceptors (Lipinski definition) is 5. The zero-order chi connectivity index (χ0) is 22.5. The summed E-state index contributed by atoms with van der Waals surface area (Å²) in [5.41, 5.74) is 3.42. The first-order valence-electron chi connectivity index (χ1n) is 11.1. The highest BCUT2D eigenvalue weighted by atomic mass is 16.5. The van der Waals surface area contributed by atoms with Gasteiger partial charge in [-0.25, -0.2) is 9.67 Å². The van der Waals surface area contributed by atoms with E-state index in [0.29, 0.717) is 11.5 Å². The Labute approximate surface area is 187 Å². The Morgan fingerprint density at radius 1 is 1.00 bits per heavy atom. The molecule has 0 radical (unpaired) electrons. The molecular formula is C25H28N4O3. The monoisotopic (exact) mass is 432 g/mol. The van der Waals surface area contributed by atoms with Crippen molar-refractivity contribution in [2.75, 3.05) is 5.32 Å². The molecule has 0 atom stereocenters. The third-order valence-electron chi connectivity index (χ3n) is 5.87. The van der Waals surface area contributed by atoms with Gasteiger partial charge in [0.05, 0.1) is 17.7 Å². The Morgan fingerprint density at radius 2 is 1.69 bits per heavy atom. The summed E-state index contributed by atoms with van der Waals surface area (Å²) < 4.78 is 7.00. The second kappa shape index (κ2) is 9.77. The van der Waals surface area contributed by atoms with E-state index in [9.17, 15) is 9.59 Å². The van der Waals surface area contributed by atoms with E-state index < -0.39 is 0 Å². The molecule has 4 rings (SSSR count). The lowest BCUT2D eigenvalue weighted by Gasteiger charge is -2.28. The Morgan fingerprint density at radius 3 is 2.28 bits per heavy atom. The van der Waals surface area contributed by atoms with Gasteiger partial charge in [-0.2, -0.15) is 5.10 Å². The molecule has 1 fully saturated rings. The molecule has 1 heterocycles. The van der Waals surface area contributed by atoms with Crippen molar-refractivity contribution in [1.29, 1.82) is 0 Å². The largest absolute Gasteiger partial charge is 0.463 e. The highest BCUT2D eigenvalue weighted by Crippen LogP contribution is 2.36. The van der Waals surface area contributed by atoms with Gasteiger partial charge in [-0.1, -0.05) is 12.1 Å². The van der Waals surface area contributed by atoms with Gasteiger partial charge in [-0.05, 0) is 87.4 Å². The van der Waals surface area contributed by atoms with E-state index in [1.165, 1.54) is 11.9 Å². The van der Waals surface area contributed by atoms with Crippen molar-refractivity contribution < 1.29 is 14.3 Å². The standard InChI is InChI=1S/C25H28N4O3/c1-17(2)32-25(31)21-5-3-18(4-6-21)19-7-11-22(12-8-19)28-24(30)20-9-13-23(14-10-20)29-16-26-15-27-29/h7-18,21H,3-6H2,1-2H3,(H,28,30)/t18-,21-. The maximum atomic E-state index is 12.6. The molecule has 1 aliphatic carbocycles. The molecule has 7 heteroatoms. The highest BCUT2D eigenvalue weighted by Gasteiger charge is 2.28. The molecule has 0 bridgehead atoms. The molecule has 3 aromatic rings. The lowest BCUT2D eigenvalue weighted by molar-refractivity contribution is -0.153. The van der Waals surface area contributed by atoms with Gasteiger partial charge in [0.2, 0.25) is 0 Å². The minimum Gasteiger partial charge on any atom is -0.463 e. The normalized spacial score (nSPS) is 18.3. The fourth-order valence-electron chi connectivity index (χ4n) is 4.14. The van der Waals surface area contributed by atoms with Crippen molar-refractivity contribution in [2.45, 2.75) is 51.6 Å². The van der Waals surface area contributed by atoms with Crippen LogP contribution in [-0.2, 0) is 9.53 Å². The number of anilines is 1. The first kappa shape index (κ1) is 21.7.